The van der Waals surface area contributed by atoms with Crippen molar-refractivity contribution in [2.45, 2.75) is 26.8 Å². The number of nitrogens with one attached hydrogen (secondary N) is 1. The number of rotatable bonds is 5. The molecule has 0 saturated heterocycles. The molecule has 0 radical (unpaired) electrons. The van der Waals surface area contributed by atoms with Crippen molar-refractivity contribution in [1.82, 2.24) is 0 Å². The first-order valence-electron chi connectivity index (χ1n) is 5.80. The van der Waals surface area contributed by atoms with E-state index in [0.29, 0.717) is 12.6 Å². The van der Waals surface area contributed by atoms with Gasteiger partial charge in [0.2, 0.25) is 0 Å². The summed E-state index contributed by atoms with van der Waals surface area (Å²) in [6, 6.07) is 6.13. The molecule has 17 heavy (non-hydrogen) atoms. The van der Waals surface area contributed by atoms with Crippen LogP contribution in [0.1, 0.15) is 25.0 Å². The van der Waals surface area contributed by atoms with Gasteiger partial charge < -0.3 is 15.7 Å². The van der Waals surface area contributed by atoms with Crippen LogP contribution in [0.5, 0.6) is 0 Å². The highest BCUT2D eigenvalue weighted by molar-refractivity contribution is 5.96. The molecule has 4 heteroatoms. The van der Waals surface area contributed by atoms with E-state index in [-0.39, 0.29) is 12.4 Å². The summed E-state index contributed by atoms with van der Waals surface area (Å²) < 4.78 is 0. The number of benzene rings is 1. The third-order valence-electron chi connectivity index (χ3n) is 2.80. The molecular weight excluding hydrogens is 214 g/mol. The third kappa shape index (κ3) is 3.20. The number of hydrogen-bond donors (Lipinski definition) is 3. The zero-order chi connectivity index (χ0) is 13.0. The molecule has 1 aromatic carbocycles. The molecule has 0 aliphatic heterocycles. The average molecular weight is 235 g/mol. The van der Waals surface area contributed by atoms with Gasteiger partial charge in [-0.05, 0) is 44.5 Å². The van der Waals surface area contributed by atoms with Crippen LogP contribution in [-0.2, 0) is 0 Å². The van der Waals surface area contributed by atoms with Gasteiger partial charge in [-0.1, -0.05) is 0 Å². The van der Waals surface area contributed by atoms with Gasteiger partial charge in [-0.15, -0.1) is 0 Å². The number of aliphatic hydroxyl groups excluding tert-OH is 1. The normalized spacial score (nSPS) is 10.6. The molecule has 0 atom stereocenters. The van der Waals surface area contributed by atoms with Crippen LogP contribution >= 0.6 is 0 Å². The fraction of sp³-hybridized carbons (Fsp3) is 0.462. The lowest BCUT2D eigenvalue weighted by Gasteiger charge is -2.28. The Balaban J connectivity index is 3.06. The van der Waals surface area contributed by atoms with Gasteiger partial charge in [-0.2, -0.15) is 0 Å². The minimum Gasteiger partial charge on any atom is -0.395 e. The Morgan fingerprint density at radius 1 is 1.47 bits per heavy atom. The largest absolute Gasteiger partial charge is 0.395 e. The van der Waals surface area contributed by atoms with E-state index in [4.69, 9.17) is 16.2 Å². The van der Waals surface area contributed by atoms with Crippen molar-refractivity contribution in [3.05, 3.63) is 29.3 Å². The number of nitrogens with zero attached hydrogens (tertiary/aromatic N) is 1. The molecule has 94 valence electrons. The Hall–Kier alpha value is -1.55. The van der Waals surface area contributed by atoms with Gasteiger partial charge in [0.1, 0.15) is 5.84 Å². The molecule has 0 fully saturated rings. The minimum absolute atomic E-state index is 0.0901. The Morgan fingerprint density at radius 3 is 2.53 bits per heavy atom. The van der Waals surface area contributed by atoms with Crippen molar-refractivity contribution in [2.24, 2.45) is 5.73 Å². The second kappa shape index (κ2) is 5.68. The molecule has 0 saturated carbocycles. The molecule has 0 amide bonds. The first kappa shape index (κ1) is 13.5. The van der Waals surface area contributed by atoms with E-state index in [2.05, 4.69) is 18.7 Å². The lowest BCUT2D eigenvalue weighted by Crippen LogP contribution is -2.33. The zero-order valence-corrected chi connectivity index (χ0v) is 10.7. The Labute approximate surface area is 103 Å². The van der Waals surface area contributed by atoms with Crippen LogP contribution in [0.2, 0.25) is 0 Å². The summed E-state index contributed by atoms with van der Waals surface area (Å²) in [7, 11) is 0. The van der Waals surface area contributed by atoms with E-state index in [1.54, 1.807) is 0 Å². The number of amidine groups is 1. The first-order chi connectivity index (χ1) is 7.97. The van der Waals surface area contributed by atoms with Crippen LogP contribution in [0.25, 0.3) is 0 Å². The summed E-state index contributed by atoms with van der Waals surface area (Å²) in [5, 5.41) is 16.5. The second-order valence-electron chi connectivity index (χ2n) is 4.42. The summed E-state index contributed by atoms with van der Waals surface area (Å²) in [5.74, 6) is 0.0901. The van der Waals surface area contributed by atoms with Gasteiger partial charge in [0, 0.05) is 23.8 Å². The molecule has 0 aliphatic carbocycles. The Morgan fingerprint density at radius 2 is 2.12 bits per heavy atom. The van der Waals surface area contributed by atoms with Crippen LogP contribution in [0.15, 0.2) is 18.2 Å². The number of aryl methyl sites for hydroxylation is 1. The molecule has 1 aromatic rings. The molecule has 1 rings (SSSR count). The molecule has 0 aliphatic rings. The maximum atomic E-state index is 9.06. The molecule has 0 heterocycles. The third-order valence-corrected chi connectivity index (χ3v) is 2.80. The fourth-order valence-corrected chi connectivity index (χ4v) is 1.92. The minimum atomic E-state index is 0.0901. The topological polar surface area (TPSA) is 73.3 Å². The average Bonchev–Trinajstić information content (AvgIpc) is 2.24. The molecule has 0 bridgehead atoms. The summed E-state index contributed by atoms with van der Waals surface area (Å²) >= 11 is 0. The van der Waals surface area contributed by atoms with Crippen LogP contribution in [-0.4, -0.2) is 30.1 Å². The van der Waals surface area contributed by atoms with Crippen LogP contribution in [0.3, 0.4) is 0 Å². The monoisotopic (exact) mass is 235 g/mol. The van der Waals surface area contributed by atoms with Gasteiger partial charge >= 0.3 is 0 Å². The molecule has 0 unspecified atom stereocenters. The van der Waals surface area contributed by atoms with Crippen LogP contribution < -0.4 is 10.6 Å². The zero-order valence-electron chi connectivity index (χ0n) is 10.7. The van der Waals surface area contributed by atoms with E-state index >= 15 is 0 Å². The predicted octanol–water partition coefficient (Wildman–Crippen LogP) is 1.49. The van der Waals surface area contributed by atoms with Crippen molar-refractivity contribution in [3.8, 4) is 0 Å². The molecule has 0 spiro atoms. The number of aliphatic hydroxyl groups is 1. The molecule has 0 aromatic heterocycles. The van der Waals surface area contributed by atoms with Gasteiger partial charge in [-0.3, -0.25) is 5.41 Å². The van der Waals surface area contributed by atoms with Gasteiger partial charge in [-0.25, -0.2) is 0 Å². The maximum absolute atomic E-state index is 9.06. The van der Waals surface area contributed by atoms with Crippen molar-refractivity contribution < 1.29 is 5.11 Å². The summed E-state index contributed by atoms with van der Waals surface area (Å²) in [6.45, 7) is 6.85. The lowest BCUT2D eigenvalue weighted by atomic mass is 10.1. The quantitative estimate of drug-likeness (QED) is 0.534. The van der Waals surface area contributed by atoms with E-state index < -0.39 is 0 Å². The lowest BCUT2D eigenvalue weighted by molar-refractivity contribution is 0.299. The Bertz CT molecular complexity index is 402. The summed E-state index contributed by atoms with van der Waals surface area (Å²) in [5.41, 5.74) is 8.29. The number of anilines is 1. The van der Waals surface area contributed by atoms with Crippen molar-refractivity contribution in [3.63, 3.8) is 0 Å². The SMILES string of the molecule is Cc1cc(N(CCO)C(C)C)ccc1C(=N)N. The smallest absolute Gasteiger partial charge is 0.123 e. The second-order valence-corrected chi connectivity index (χ2v) is 4.42. The molecular formula is C13H21N3O. The maximum Gasteiger partial charge on any atom is 0.123 e. The van der Waals surface area contributed by atoms with Gasteiger partial charge in [0.05, 0.1) is 6.61 Å². The van der Waals surface area contributed by atoms with Crippen molar-refractivity contribution >= 4 is 11.5 Å². The molecule has 4 N–H and O–H groups in total. The number of nitrogens with two attached hydrogens (primary N) is 1. The number of hydrogen-bond acceptors (Lipinski definition) is 3. The van der Waals surface area contributed by atoms with Gasteiger partial charge in [0.15, 0.2) is 0 Å². The number of nitrogen functional groups attached to an aromatic ring is 1. The van der Waals surface area contributed by atoms with Crippen LogP contribution in [0.4, 0.5) is 5.69 Å². The standard InChI is InChI=1S/C13H21N3O/c1-9(2)16(6-7-17)11-4-5-12(13(14)15)10(3)8-11/h4-5,8-9,17H,6-7H2,1-3H3,(H3,14,15). The van der Waals surface area contributed by atoms with Gasteiger partial charge in [0.25, 0.3) is 0 Å². The van der Waals surface area contributed by atoms with E-state index in [0.717, 1.165) is 16.8 Å². The Kier molecular flexibility index (Phi) is 4.52. The van der Waals surface area contributed by atoms with E-state index in [1.807, 2.05) is 25.1 Å². The molecule has 4 nitrogen and oxygen atoms in total. The predicted molar refractivity (Wildman–Crippen MR) is 71.8 cm³/mol. The fourth-order valence-electron chi connectivity index (χ4n) is 1.92. The highest BCUT2D eigenvalue weighted by atomic mass is 16.3. The van der Waals surface area contributed by atoms with E-state index in [1.165, 1.54) is 0 Å². The van der Waals surface area contributed by atoms with Crippen molar-refractivity contribution in [2.75, 3.05) is 18.1 Å². The van der Waals surface area contributed by atoms with E-state index in [9.17, 15) is 0 Å². The van der Waals surface area contributed by atoms with Crippen LogP contribution in [0, 0.1) is 12.3 Å². The first-order valence-corrected chi connectivity index (χ1v) is 5.80. The summed E-state index contributed by atoms with van der Waals surface area (Å²) in [6.07, 6.45) is 0. The highest BCUT2D eigenvalue weighted by Gasteiger charge is 2.11. The van der Waals surface area contributed by atoms with Crippen molar-refractivity contribution in [1.29, 1.82) is 5.41 Å². The summed E-state index contributed by atoms with van der Waals surface area (Å²) in [4.78, 5) is 2.12. The highest BCUT2D eigenvalue weighted by Crippen LogP contribution is 2.20.